The van der Waals surface area contributed by atoms with Crippen LogP contribution in [-0.2, 0) is 11.2 Å². The topological polar surface area (TPSA) is 90.4 Å². The zero-order chi connectivity index (χ0) is 19.7. The van der Waals surface area contributed by atoms with Crippen LogP contribution in [0.5, 0.6) is 5.75 Å². The van der Waals surface area contributed by atoms with Crippen LogP contribution in [-0.4, -0.2) is 23.0 Å². The molecule has 7 heteroatoms. The second-order valence-electron chi connectivity index (χ2n) is 6.33. The Hall–Kier alpha value is -3.61. The van der Waals surface area contributed by atoms with E-state index in [9.17, 15) is 4.79 Å². The lowest BCUT2D eigenvalue weighted by Crippen LogP contribution is -2.15. The summed E-state index contributed by atoms with van der Waals surface area (Å²) in [5.41, 5.74) is 3.14. The Bertz CT molecular complexity index is 1160. The molecular weight excluding hydrogens is 358 g/mol. The molecule has 4 rings (SSSR count). The maximum absolute atomic E-state index is 12.6. The monoisotopic (exact) mass is 377 g/mol. The molecule has 0 saturated heterocycles. The second-order valence-corrected chi connectivity index (χ2v) is 6.33. The van der Waals surface area contributed by atoms with Crippen LogP contribution < -0.4 is 10.1 Å². The fraction of sp³-hybridized carbons (Fsp3) is 0.190. The molecule has 2 heterocycles. The fourth-order valence-electron chi connectivity index (χ4n) is 3.03. The predicted octanol–water partition coefficient (Wildman–Crippen LogP) is 4.29. The highest BCUT2D eigenvalue weighted by molar-refractivity contribution is 5.99. The highest BCUT2D eigenvalue weighted by atomic mass is 16.5. The number of benzene rings is 2. The number of anilines is 1. The van der Waals surface area contributed by atoms with Crippen LogP contribution >= 0.6 is 0 Å². The normalized spacial score (nSPS) is 11.0. The van der Waals surface area contributed by atoms with Gasteiger partial charge < -0.3 is 18.9 Å². The molecule has 2 aromatic heterocycles. The minimum atomic E-state index is -0.218. The van der Waals surface area contributed by atoms with E-state index in [0.717, 1.165) is 5.56 Å². The predicted molar refractivity (Wildman–Crippen MR) is 104 cm³/mol. The number of hydrogen-bond acceptors (Lipinski definition) is 6. The number of nitrogens with zero attached hydrogens (tertiary/aromatic N) is 2. The quantitative estimate of drug-likeness (QED) is 0.558. The van der Waals surface area contributed by atoms with Crippen LogP contribution in [0.1, 0.15) is 17.3 Å². The van der Waals surface area contributed by atoms with Crippen LogP contribution in [0.25, 0.3) is 22.6 Å². The number of methoxy groups -OCH3 is 1. The van der Waals surface area contributed by atoms with Gasteiger partial charge >= 0.3 is 0 Å². The highest BCUT2D eigenvalue weighted by Crippen LogP contribution is 2.30. The minimum Gasteiger partial charge on any atom is -0.496 e. The molecule has 142 valence electrons. The van der Waals surface area contributed by atoms with Gasteiger partial charge in [-0.3, -0.25) is 4.79 Å². The van der Waals surface area contributed by atoms with E-state index < -0.39 is 0 Å². The average molecular weight is 377 g/mol. The number of aromatic nitrogens is 2. The molecule has 0 unspecified atom stereocenters. The van der Waals surface area contributed by atoms with E-state index in [-0.39, 0.29) is 12.3 Å². The number of amides is 1. The van der Waals surface area contributed by atoms with Crippen LogP contribution in [0.2, 0.25) is 0 Å². The molecule has 0 radical (unpaired) electrons. The lowest BCUT2D eigenvalue weighted by atomic mass is 10.2. The van der Waals surface area contributed by atoms with Crippen molar-refractivity contribution in [3.8, 4) is 17.2 Å². The lowest BCUT2D eigenvalue weighted by molar-refractivity contribution is -0.115. The Morgan fingerprint density at radius 1 is 1.07 bits per heavy atom. The first-order valence-corrected chi connectivity index (χ1v) is 8.81. The number of ether oxygens (including phenoxy) is 1. The van der Waals surface area contributed by atoms with Crippen molar-refractivity contribution < 1.29 is 18.4 Å². The zero-order valence-electron chi connectivity index (χ0n) is 15.8. The summed E-state index contributed by atoms with van der Waals surface area (Å²) in [4.78, 5) is 21.3. The summed E-state index contributed by atoms with van der Waals surface area (Å²) in [5.74, 6) is 2.00. The number of carbonyl (C=O) groups excluding carboxylic acids is 1. The van der Waals surface area contributed by atoms with Gasteiger partial charge in [0.25, 0.3) is 0 Å². The van der Waals surface area contributed by atoms with Gasteiger partial charge in [-0.15, -0.1) is 0 Å². The average Bonchev–Trinajstić information content (AvgIpc) is 3.24. The van der Waals surface area contributed by atoms with Crippen LogP contribution in [0.15, 0.2) is 51.3 Å². The maximum Gasteiger partial charge on any atom is 0.230 e. The molecule has 0 aliphatic rings. The summed E-state index contributed by atoms with van der Waals surface area (Å²) in [7, 11) is 1.59. The number of carbonyl (C=O) groups is 1. The summed E-state index contributed by atoms with van der Waals surface area (Å²) >= 11 is 0. The van der Waals surface area contributed by atoms with Gasteiger partial charge in [-0.2, -0.15) is 0 Å². The highest BCUT2D eigenvalue weighted by Gasteiger charge is 2.18. The van der Waals surface area contributed by atoms with Gasteiger partial charge in [0, 0.05) is 6.92 Å². The van der Waals surface area contributed by atoms with E-state index in [1.165, 1.54) is 0 Å². The third kappa shape index (κ3) is 3.34. The number of oxazole rings is 2. The first kappa shape index (κ1) is 17.8. The summed E-state index contributed by atoms with van der Waals surface area (Å²) < 4.78 is 16.7. The number of hydrogen-bond donors (Lipinski definition) is 1. The standard InChI is InChI=1S/C21H19N3O4/c1-12-17(24-21(27-12)14-7-4-5-10-18(14)26-3)11-19(25)23-16-9-6-8-15-20(16)28-13(2)22-15/h4-10H,11H2,1-3H3,(H,23,25). The van der Waals surface area contributed by atoms with E-state index in [4.69, 9.17) is 13.6 Å². The van der Waals surface area contributed by atoms with Crippen LogP contribution in [0.4, 0.5) is 5.69 Å². The Labute approximate surface area is 161 Å². The lowest BCUT2D eigenvalue weighted by Gasteiger charge is -2.04. The molecule has 1 N–H and O–H groups in total. The van der Waals surface area contributed by atoms with Gasteiger partial charge in [-0.25, -0.2) is 9.97 Å². The molecule has 0 aliphatic carbocycles. The van der Waals surface area contributed by atoms with Crippen molar-refractivity contribution in [2.24, 2.45) is 0 Å². The second kappa shape index (κ2) is 7.19. The van der Waals surface area contributed by atoms with E-state index in [0.29, 0.717) is 45.8 Å². The molecule has 0 fully saturated rings. The third-order valence-corrected chi connectivity index (χ3v) is 4.35. The molecule has 2 aromatic carbocycles. The van der Waals surface area contributed by atoms with Gasteiger partial charge in [-0.05, 0) is 31.2 Å². The van der Waals surface area contributed by atoms with Crippen molar-refractivity contribution in [2.75, 3.05) is 12.4 Å². The number of nitrogens with one attached hydrogen (secondary N) is 1. The van der Waals surface area contributed by atoms with E-state index in [1.807, 2.05) is 36.4 Å². The van der Waals surface area contributed by atoms with Crippen molar-refractivity contribution in [3.05, 3.63) is 59.8 Å². The summed E-state index contributed by atoms with van der Waals surface area (Å²) in [5, 5.41) is 2.87. The molecule has 7 nitrogen and oxygen atoms in total. The van der Waals surface area contributed by atoms with Crippen molar-refractivity contribution in [1.29, 1.82) is 0 Å². The Morgan fingerprint density at radius 3 is 2.71 bits per heavy atom. The number of aryl methyl sites for hydroxylation is 2. The number of para-hydroxylation sites is 2. The Balaban J connectivity index is 1.56. The van der Waals surface area contributed by atoms with Gasteiger partial charge in [0.05, 0.1) is 30.5 Å². The zero-order valence-corrected chi connectivity index (χ0v) is 15.8. The van der Waals surface area contributed by atoms with Crippen molar-refractivity contribution >= 4 is 22.7 Å². The van der Waals surface area contributed by atoms with Crippen LogP contribution in [0, 0.1) is 13.8 Å². The van der Waals surface area contributed by atoms with Crippen molar-refractivity contribution in [1.82, 2.24) is 9.97 Å². The number of fused-ring (bicyclic) bond motifs is 1. The van der Waals surface area contributed by atoms with Gasteiger partial charge in [0.15, 0.2) is 11.5 Å². The van der Waals surface area contributed by atoms with Gasteiger partial charge in [-0.1, -0.05) is 18.2 Å². The smallest absolute Gasteiger partial charge is 0.230 e. The largest absolute Gasteiger partial charge is 0.496 e. The third-order valence-electron chi connectivity index (χ3n) is 4.35. The molecular formula is C21H19N3O4. The summed E-state index contributed by atoms with van der Waals surface area (Å²) in [6.45, 7) is 3.55. The van der Waals surface area contributed by atoms with Gasteiger partial charge in [0.2, 0.25) is 11.8 Å². The maximum atomic E-state index is 12.6. The Kier molecular flexibility index (Phi) is 4.57. The molecule has 0 saturated carbocycles. The van der Waals surface area contributed by atoms with Gasteiger partial charge in [0.1, 0.15) is 17.0 Å². The van der Waals surface area contributed by atoms with Crippen LogP contribution in [0.3, 0.4) is 0 Å². The molecule has 1 amide bonds. The SMILES string of the molecule is COc1ccccc1-c1nc(CC(=O)Nc2cccc3nc(C)oc23)c(C)o1. The van der Waals surface area contributed by atoms with Crippen molar-refractivity contribution in [2.45, 2.75) is 20.3 Å². The minimum absolute atomic E-state index is 0.0774. The first-order valence-electron chi connectivity index (χ1n) is 8.81. The van der Waals surface area contributed by atoms with E-state index in [1.54, 1.807) is 27.0 Å². The summed E-state index contributed by atoms with van der Waals surface area (Å²) in [6, 6.07) is 12.9. The molecule has 0 atom stereocenters. The molecule has 4 aromatic rings. The first-order chi connectivity index (χ1) is 13.5. The molecule has 0 aliphatic heterocycles. The van der Waals surface area contributed by atoms with E-state index >= 15 is 0 Å². The molecule has 0 bridgehead atoms. The van der Waals surface area contributed by atoms with Crippen molar-refractivity contribution in [3.63, 3.8) is 0 Å². The fourth-order valence-corrected chi connectivity index (χ4v) is 3.03. The Morgan fingerprint density at radius 2 is 1.89 bits per heavy atom. The molecule has 0 spiro atoms. The molecule has 28 heavy (non-hydrogen) atoms. The summed E-state index contributed by atoms with van der Waals surface area (Å²) in [6.07, 6.45) is 0.0774. The van der Waals surface area contributed by atoms with E-state index in [2.05, 4.69) is 15.3 Å². The number of rotatable bonds is 5.